The molecule has 0 amide bonds. The number of rotatable bonds is 5. The lowest BCUT2D eigenvalue weighted by atomic mass is 10.2. The van der Waals surface area contributed by atoms with Gasteiger partial charge in [-0.3, -0.25) is 4.98 Å². The van der Waals surface area contributed by atoms with Crippen LogP contribution in [0.4, 0.5) is 0 Å². The second kappa shape index (κ2) is 5.68. The third kappa shape index (κ3) is 4.27. The summed E-state index contributed by atoms with van der Waals surface area (Å²) in [6.45, 7) is 3.48. The molecule has 0 unspecified atom stereocenters. The van der Waals surface area contributed by atoms with Crippen molar-refractivity contribution in [1.82, 2.24) is 9.88 Å². The SMILES string of the molecule is C[C@@H](N)c1ccc(OCCN(C)C)cn1. The average molecular weight is 209 g/mol. The second-order valence-corrected chi connectivity index (χ2v) is 3.86. The van der Waals surface area contributed by atoms with E-state index in [0.717, 1.165) is 18.0 Å². The average Bonchev–Trinajstić information content (AvgIpc) is 2.18. The molecule has 0 saturated carbocycles. The molecule has 0 aromatic carbocycles. The van der Waals surface area contributed by atoms with Crippen molar-refractivity contribution in [3.8, 4) is 5.75 Å². The van der Waals surface area contributed by atoms with Gasteiger partial charge in [-0.15, -0.1) is 0 Å². The van der Waals surface area contributed by atoms with Crippen LogP contribution in [0.25, 0.3) is 0 Å². The molecule has 15 heavy (non-hydrogen) atoms. The normalized spacial score (nSPS) is 12.9. The topological polar surface area (TPSA) is 51.4 Å². The molecule has 0 radical (unpaired) electrons. The molecule has 1 rings (SSSR count). The number of ether oxygens (including phenoxy) is 1. The Labute approximate surface area is 91.1 Å². The summed E-state index contributed by atoms with van der Waals surface area (Å²) in [5.41, 5.74) is 6.58. The quantitative estimate of drug-likeness (QED) is 0.787. The Morgan fingerprint density at radius 3 is 2.67 bits per heavy atom. The fourth-order valence-electron chi connectivity index (χ4n) is 1.09. The van der Waals surface area contributed by atoms with E-state index in [1.54, 1.807) is 6.20 Å². The van der Waals surface area contributed by atoms with Gasteiger partial charge in [-0.2, -0.15) is 0 Å². The summed E-state index contributed by atoms with van der Waals surface area (Å²) in [5, 5.41) is 0. The molecule has 4 nitrogen and oxygen atoms in total. The lowest BCUT2D eigenvalue weighted by Crippen LogP contribution is -2.19. The standard InChI is InChI=1S/C11H19N3O/c1-9(12)11-5-4-10(8-13-11)15-7-6-14(2)3/h4-5,8-9H,6-7,12H2,1-3H3/t9-/m1/s1. The van der Waals surface area contributed by atoms with Gasteiger partial charge in [0, 0.05) is 12.6 Å². The van der Waals surface area contributed by atoms with Gasteiger partial charge < -0.3 is 15.4 Å². The van der Waals surface area contributed by atoms with Crippen LogP contribution in [0, 0.1) is 0 Å². The van der Waals surface area contributed by atoms with Gasteiger partial charge in [0.1, 0.15) is 12.4 Å². The van der Waals surface area contributed by atoms with Crippen LogP contribution < -0.4 is 10.5 Å². The van der Waals surface area contributed by atoms with E-state index >= 15 is 0 Å². The predicted molar refractivity (Wildman–Crippen MR) is 60.9 cm³/mol. The van der Waals surface area contributed by atoms with Gasteiger partial charge in [0.15, 0.2) is 0 Å². The van der Waals surface area contributed by atoms with Crippen LogP contribution in [0.5, 0.6) is 5.75 Å². The molecule has 2 N–H and O–H groups in total. The van der Waals surface area contributed by atoms with Crippen molar-refractivity contribution in [2.75, 3.05) is 27.2 Å². The second-order valence-electron chi connectivity index (χ2n) is 3.86. The van der Waals surface area contributed by atoms with Crippen molar-refractivity contribution in [2.24, 2.45) is 5.73 Å². The van der Waals surface area contributed by atoms with Gasteiger partial charge in [0.2, 0.25) is 0 Å². The fraction of sp³-hybridized carbons (Fsp3) is 0.545. The Morgan fingerprint density at radius 1 is 1.47 bits per heavy atom. The van der Waals surface area contributed by atoms with Gasteiger partial charge in [0.25, 0.3) is 0 Å². The highest BCUT2D eigenvalue weighted by atomic mass is 16.5. The van der Waals surface area contributed by atoms with Crippen molar-refractivity contribution in [3.05, 3.63) is 24.0 Å². The summed E-state index contributed by atoms with van der Waals surface area (Å²) in [7, 11) is 4.03. The number of nitrogens with two attached hydrogens (primary N) is 1. The minimum Gasteiger partial charge on any atom is -0.491 e. The highest BCUT2D eigenvalue weighted by molar-refractivity contribution is 5.21. The zero-order chi connectivity index (χ0) is 11.3. The highest BCUT2D eigenvalue weighted by Crippen LogP contribution is 2.12. The van der Waals surface area contributed by atoms with Crippen molar-refractivity contribution >= 4 is 0 Å². The summed E-state index contributed by atoms with van der Waals surface area (Å²) in [5.74, 6) is 0.793. The predicted octanol–water partition coefficient (Wildman–Crippen LogP) is 1.04. The van der Waals surface area contributed by atoms with Crippen LogP contribution in [0.1, 0.15) is 18.7 Å². The first-order valence-corrected chi connectivity index (χ1v) is 5.08. The van der Waals surface area contributed by atoms with Crippen LogP contribution in [-0.2, 0) is 0 Å². The molecule has 1 aromatic heterocycles. The van der Waals surface area contributed by atoms with Gasteiger partial charge in [0.05, 0.1) is 11.9 Å². The van der Waals surface area contributed by atoms with Gasteiger partial charge in [-0.1, -0.05) is 0 Å². The maximum absolute atomic E-state index is 5.69. The number of likely N-dealkylation sites (N-methyl/N-ethyl adjacent to an activating group) is 1. The Morgan fingerprint density at radius 2 is 2.20 bits per heavy atom. The van der Waals surface area contributed by atoms with Gasteiger partial charge in [-0.05, 0) is 33.2 Å². The minimum absolute atomic E-state index is 0.0270. The molecule has 0 aliphatic heterocycles. The number of hydrogen-bond acceptors (Lipinski definition) is 4. The molecule has 1 heterocycles. The Balaban J connectivity index is 2.43. The largest absolute Gasteiger partial charge is 0.491 e. The molecular formula is C11H19N3O. The van der Waals surface area contributed by atoms with E-state index in [-0.39, 0.29) is 6.04 Å². The summed E-state index contributed by atoms with van der Waals surface area (Å²) >= 11 is 0. The van der Waals surface area contributed by atoms with E-state index in [2.05, 4.69) is 9.88 Å². The first kappa shape index (κ1) is 11.9. The van der Waals surface area contributed by atoms with Crippen LogP contribution in [-0.4, -0.2) is 37.1 Å². The lowest BCUT2D eigenvalue weighted by molar-refractivity contribution is 0.260. The van der Waals surface area contributed by atoms with Crippen LogP contribution in [0.15, 0.2) is 18.3 Å². The van der Waals surface area contributed by atoms with E-state index in [4.69, 9.17) is 10.5 Å². The molecule has 4 heteroatoms. The maximum Gasteiger partial charge on any atom is 0.137 e. The molecule has 84 valence electrons. The minimum atomic E-state index is -0.0270. The van der Waals surface area contributed by atoms with Crippen molar-refractivity contribution in [2.45, 2.75) is 13.0 Å². The van der Waals surface area contributed by atoms with Crippen molar-refractivity contribution in [1.29, 1.82) is 0 Å². The first-order valence-electron chi connectivity index (χ1n) is 5.08. The van der Waals surface area contributed by atoms with E-state index in [1.807, 2.05) is 33.2 Å². The molecule has 0 bridgehead atoms. The first-order chi connectivity index (χ1) is 7.09. The summed E-state index contributed by atoms with van der Waals surface area (Å²) in [6, 6.07) is 3.78. The third-order valence-corrected chi connectivity index (χ3v) is 2.03. The van der Waals surface area contributed by atoms with Crippen molar-refractivity contribution in [3.63, 3.8) is 0 Å². The van der Waals surface area contributed by atoms with Crippen LogP contribution in [0.2, 0.25) is 0 Å². The molecule has 0 fully saturated rings. The molecule has 1 aromatic rings. The number of nitrogens with zero attached hydrogens (tertiary/aromatic N) is 2. The van der Waals surface area contributed by atoms with E-state index in [0.29, 0.717) is 6.61 Å². The Bertz CT molecular complexity index is 282. The molecule has 0 aliphatic rings. The Hall–Kier alpha value is -1.13. The lowest BCUT2D eigenvalue weighted by Gasteiger charge is -2.11. The monoisotopic (exact) mass is 209 g/mol. The molecule has 0 aliphatic carbocycles. The fourth-order valence-corrected chi connectivity index (χ4v) is 1.09. The molecule has 1 atom stereocenters. The zero-order valence-corrected chi connectivity index (χ0v) is 9.60. The number of pyridine rings is 1. The van der Waals surface area contributed by atoms with E-state index in [9.17, 15) is 0 Å². The molecular weight excluding hydrogens is 190 g/mol. The maximum atomic E-state index is 5.69. The molecule has 0 spiro atoms. The van der Waals surface area contributed by atoms with Gasteiger partial charge in [-0.25, -0.2) is 0 Å². The Kier molecular flexibility index (Phi) is 4.52. The summed E-state index contributed by atoms with van der Waals surface area (Å²) in [4.78, 5) is 6.29. The van der Waals surface area contributed by atoms with E-state index in [1.165, 1.54) is 0 Å². The smallest absolute Gasteiger partial charge is 0.137 e. The van der Waals surface area contributed by atoms with E-state index < -0.39 is 0 Å². The van der Waals surface area contributed by atoms with Crippen LogP contribution in [0.3, 0.4) is 0 Å². The summed E-state index contributed by atoms with van der Waals surface area (Å²) in [6.07, 6.45) is 1.72. The highest BCUT2D eigenvalue weighted by Gasteiger charge is 2.01. The van der Waals surface area contributed by atoms with Crippen molar-refractivity contribution < 1.29 is 4.74 Å². The number of hydrogen-bond donors (Lipinski definition) is 1. The zero-order valence-electron chi connectivity index (χ0n) is 9.60. The van der Waals surface area contributed by atoms with Crippen LogP contribution >= 0.6 is 0 Å². The number of aromatic nitrogens is 1. The third-order valence-electron chi connectivity index (χ3n) is 2.03. The van der Waals surface area contributed by atoms with Gasteiger partial charge >= 0.3 is 0 Å². The molecule has 0 saturated heterocycles. The summed E-state index contributed by atoms with van der Waals surface area (Å²) < 4.78 is 5.51.